The van der Waals surface area contributed by atoms with Gasteiger partial charge in [0, 0.05) is 29.3 Å². The average Bonchev–Trinajstić information content (AvgIpc) is 2.65. The molecule has 0 spiro atoms. The lowest BCUT2D eigenvalue weighted by atomic mass is 10.1. The van der Waals surface area contributed by atoms with Gasteiger partial charge in [-0.25, -0.2) is 0 Å². The molecule has 0 amide bonds. The van der Waals surface area contributed by atoms with Crippen LogP contribution in [0.4, 0.5) is 0 Å². The largest absolute Gasteiger partial charge is 0.294 e. The van der Waals surface area contributed by atoms with Crippen LogP contribution in [0.5, 0.6) is 0 Å². The topological polar surface area (TPSA) is 30.0 Å². The van der Waals surface area contributed by atoms with Gasteiger partial charge in [-0.15, -0.1) is 11.3 Å². The van der Waals surface area contributed by atoms with Gasteiger partial charge in [-0.3, -0.25) is 9.78 Å². The molecule has 0 radical (unpaired) electrons. The van der Waals surface area contributed by atoms with Crippen LogP contribution in [-0.4, -0.2) is 10.8 Å². The summed E-state index contributed by atoms with van der Waals surface area (Å²) in [5.74, 6) is 0.131. The van der Waals surface area contributed by atoms with E-state index in [0.29, 0.717) is 6.42 Å². The van der Waals surface area contributed by atoms with Crippen molar-refractivity contribution in [1.82, 2.24) is 4.98 Å². The number of pyridine rings is 1. The quantitative estimate of drug-likeness (QED) is 0.808. The minimum atomic E-state index is 0.131. The van der Waals surface area contributed by atoms with Gasteiger partial charge in [-0.05, 0) is 40.2 Å². The number of carbonyl (C=O) groups excluding carboxylic acids is 1. The summed E-state index contributed by atoms with van der Waals surface area (Å²) in [5, 5.41) is 0. The second-order valence-corrected chi connectivity index (χ2v) is 5.59. The van der Waals surface area contributed by atoms with Crippen LogP contribution in [0.25, 0.3) is 0 Å². The van der Waals surface area contributed by atoms with Crippen LogP contribution in [0.2, 0.25) is 0 Å². The third-order valence-corrected chi connectivity index (χ3v) is 3.59. The highest BCUT2D eigenvalue weighted by atomic mass is 79.9. The monoisotopic (exact) mass is 281 g/mol. The van der Waals surface area contributed by atoms with Gasteiger partial charge in [-0.2, -0.15) is 0 Å². The van der Waals surface area contributed by atoms with Gasteiger partial charge in [0.2, 0.25) is 0 Å². The maximum absolute atomic E-state index is 11.8. The molecule has 0 aliphatic rings. The van der Waals surface area contributed by atoms with Crippen molar-refractivity contribution in [3.63, 3.8) is 0 Å². The zero-order valence-electron chi connectivity index (χ0n) is 7.81. The number of rotatable bonds is 3. The molecular formula is C11H8BrNOS. The molecular weight excluding hydrogens is 274 g/mol. The molecule has 2 aromatic heterocycles. The highest BCUT2D eigenvalue weighted by molar-refractivity contribution is 9.11. The number of hydrogen-bond acceptors (Lipinski definition) is 3. The van der Waals surface area contributed by atoms with E-state index in [1.807, 2.05) is 12.1 Å². The summed E-state index contributed by atoms with van der Waals surface area (Å²) in [4.78, 5) is 16.7. The highest BCUT2D eigenvalue weighted by Crippen LogP contribution is 2.23. The number of thiophene rings is 1. The highest BCUT2D eigenvalue weighted by Gasteiger charge is 2.07. The van der Waals surface area contributed by atoms with E-state index in [-0.39, 0.29) is 5.78 Å². The van der Waals surface area contributed by atoms with Gasteiger partial charge in [0.1, 0.15) is 0 Å². The molecule has 0 fully saturated rings. The van der Waals surface area contributed by atoms with E-state index in [4.69, 9.17) is 0 Å². The van der Waals surface area contributed by atoms with Crippen molar-refractivity contribution in [3.8, 4) is 0 Å². The first-order valence-corrected chi connectivity index (χ1v) is 6.04. The molecule has 0 unspecified atom stereocenters. The van der Waals surface area contributed by atoms with Crippen LogP contribution >= 0.6 is 27.3 Å². The van der Waals surface area contributed by atoms with E-state index < -0.39 is 0 Å². The Hall–Kier alpha value is -1.00. The Morgan fingerprint density at radius 2 is 2.00 bits per heavy atom. The maximum Gasteiger partial charge on any atom is 0.168 e. The van der Waals surface area contributed by atoms with E-state index in [1.54, 1.807) is 35.9 Å². The fraction of sp³-hybridized carbons (Fsp3) is 0.0909. The molecule has 0 aliphatic carbocycles. The van der Waals surface area contributed by atoms with Crippen LogP contribution in [-0.2, 0) is 6.42 Å². The van der Waals surface area contributed by atoms with Crippen molar-refractivity contribution in [2.75, 3.05) is 0 Å². The summed E-state index contributed by atoms with van der Waals surface area (Å²) in [7, 11) is 0. The number of ketones is 1. The first-order chi connectivity index (χ1) is 7.25. The lowest BCUT2D eigenvalue weighted by Gasteiger charge is -1.97. The van der Waals surface area contributed by atoms with Crippen molar-refractivity contribution < 1.29 is 4.79 Å². The second-order valence-electron chi connectivity index (χ2n) is 3.04. The van der Waals surface area contributed by atoms with Crippen molar-refractivity contribution in [1.29, 1.82) is 0 Å². The molecule has 0 aliphatic heterocycles. The zero-order chi connectivity index (χ0) is 10.7. The SMILES string of the molecule is O=C(Cc1ccc(Br)s1)c1ccncc1. The van der Waals surface area contributed by atoms with Gasteiger partial charge in [-0.1, -0.05) is 0 Å². The molecule has 2 nitrogen and oxygen atoms in total. The molecule has 0 aromatic carbocycles. The van der Waals surface area contributed by atoms with E-state index >= 15 is 0 Å². The molecule has 2 rings (SSSR count). The number of halogens is 1. The Labute approximate surface area is 100 Å². The Bertz CT molecular complexity index is 466. The molecule has 4 heteroatoms. The Morgan fingerprint density at radius 1 is 1.27 bits per heavy atom. The van der Waals surface area contributed by atoms with E-state index in [1.165, 1.54) is 0 Å². The summed E-state index contributed by atoms with van der Waals surface area (Å²) in [6, 6.07) is 7.41. The van der Waals surface area contributed by atoms with Crippen molar-refractivity contribution in [3.05, 3.63) is 50.9 Å². The normalized spacial score (nSPS) is 10.2. The first kappa shape index (κ1) is 10.5. The molecule has 2 aromatic rings. The van der Waals surface area contributed by atoms with Gasteiger partial charge in [0.05, 0.1) is 3.79 Å². The summed E-state index contributed by atoms with van der Waals surface area (Å²) in [6.45, 7) is 0. The third-order valence-electron chi connectivity index (χ3n) is 1.97. The predicted molar refractivity (Wildman–Crippen MR) is 64.3 cm³/mol. The summed E-state index contributed by atoms with van der Waals surface area (Å²) < 4.78 is 1.06. The van der Waals surface area contributed by atoms with Crippen LogP contribution < -0.4 is 0 Å². The molecule has 0 bridgehead atoms. The Balaban J connectivity index is 2.11. The molecule has 0 N–H and O–H groups in total. The first-order valence-electron chi connectivity index (χ1n) is 4.43. The standard InChI is InChI=1S/C11H8BrNOS/c12-11-2-1-9(15-11)7-10(14)8-3-5-13-6-4-8/h1-6H,7H2. The molecule has 0 atom stereocenters. The van der Waals surface area contributed by atoms with Gasteiger partial charge >= 0.3 is 0 Å². The average molecular weight is 282 g/mol. The second kappa shape index (κ2) is 4.68. The summed E-state index contributed by atoms with van der Waals surface area (Å²) in [5.41, 5.74) is 0.717. The van der Waals surface area contributed by atoms with Crippen molar-refractivity contribution in [2.45, 2.75) is 6.42 Å². The number of aromatic nitrogens is 1. The summed E-state index contributed by atoms with van der Waals surface area (Å²) in [6.07, 6.45) is 3.73. The molecule has 76 valence electrons. The fourth-order valence-electron chi connectivity index (χ4n) is 1.24. The maximum atomic E-state index is 11.8. The minimum absolute atomic E-state index is 0.131. The molecule has 15 heavy (non-hydrogen) atoms. The number of carbonyl (C=O) groups is 1. The van der Waals surface area contributed by atoms with E-state index in [0.717, 1.165) is 14.2 Å². The minimum Gasteiger partial charge on any atom is -0.294 e. The Morgan fingerprint density at radius 3 is 2.60 bits per heavy atom. The van der Waals surface area contributed by atoms with Crippen LogP contribution in [0.15, 0.2) is 40.4 Å². The van der Waals surface area contributed by atoms with Gasteiger partial charge < -0.3 is 0 Å². The van der Waals surface area contributed by atoms with Crippen LogP contribution in [0.3, 0.4) is 0 Å². The van der Waals surface area contributed by atoms with Crippen LogP contribution in [0, 0.1) is 0 Å². The molecule has 0 saturated carbocycles. The van der Waals surface area contributed by atoms with Crippen molar-refractivity contribution in [2.24, 2.45) is 0 Å². The van der Waals surface area contributed by atoms with E-state index in [2.05, 4.69) is 20.9 Å². The van der Waals surface area contributed by atoms with Crippen molar-refractivity contribution >= 4 is 33.0 Å². The van der Waals surface area contributed by atoms with E-state index in [9.17, 15) is 4.79 Å². The smallest absolute Gasteiger partial charge is 0.168 e. The summed E-state index contributed by atoms with van der Waals surface area (Å²) >= 11 is 4.97. The van der Waals surface area contributed by atoms with Gasteiger partial charge in [0.15, 0.2) is 5.78 Å². The zero-order valence-corrected chi connectivity index (χ0v) is 10.2. The Kier molecular flexibility index (Phi) is 3.28. The molecule has 0 saturated heterocycles. The molecule has 2 heterocycles. The predicted octanol–water partition coefficient (Wildman–Crippen LogP) is 3.33. The van der Waals surface area contributed by atoms with Crippen LogP contribution in [0.1, 0.15) is 15.2 Å². The lowest BCUT2D eigenvalue weighted by Crippen LogP contribution is -2.01. The number of nitrogens with zero attached hydrogens (tertiary/aromatic N) is 1. The number of Topliss-reactive ketones (excluding diaryl/α,β-unsaturated/α-hetero) is 1. The lowest BCUT2D eigenvalue weighted by molar-refractivity contribution is 0.0993. The third kappa shape index (κ3) is 2.73. The number of hydrogen-bond donors (Lipinski definition) is 0. The van der Waals surface area contributed by atoms with Gasteiger partial charge in [0.25, 0.3) is 0 Å². The fourth-order valence-corrected chi connectivity index (χ4v) is 2.73.